The van der Waals surface area contributed by atoms with Crippen LogP contribution < -0.4 is 16.4 Å². The molecule has 0 spiro atoms. The molecule has 1 aromatic carbocycles. The third kappa shape index (κ3) is 3.10. The van der Waals surface area contributed by atoms with Gasteiger partial charge in [0, 0.05) is 11.7 Å². The summed E-state index contributed by atoms with van der Waals surface area (Å²) in [4.78, 5) is 23.7. The molecule has 0 radical (unpaired) electrons. The predicted octanol–water partition coefficient (Wildman–Crippen LogP) is 2.60. The minimum Gasteiger partial charge on any atom is -0.382 e. The first-order valence-electron chi connectivity index (χ1n) is 7.13. The normalized spacial score (nSPS) is 12.5. The first-order chi connectivity index (χ1) is 9.63. The number of anilines is 1. The van der Waals surface area contributed by atoms with E-state index in [2.05, 4.69) is 29.4 Å². The number of hydrogen-bond acceptors (Lipinski definition) is 3. The van der Waals surface area contributed by atoms with E-state index in [1.54, 1.807) is 12.1 Å². The molecule has 2 aromatic rings. The van der Waals surface area contributed by atoms with Gasteiger partial charge in [0.1, 0.15) is 0 Å². The van der Waals surface area contributed by atoms with Gasteiger partial charge in [0.25, 0.3) is 11.1 Å². The Balaban J connectivity index is 2.29. The van der Waals surface area contributed by atoms with Crippen LogP contribution in [0.1, 0.15) is 39.5 Å². The summed E-state index contributed by atoms with van der Waals surface area (Å²) in [6.07, 6.45) is 4.61. The Morgan fingerprint density at radius 3 is 2.65 bits per heavy atom. The molecule has 0 aliphatic rings. The number of benzene rings is 1. The van der Waals surface area contributed by atoms with Crippen LogP contribution in [0.15, 0.2) is 27.8 Å². The quantitative estimate of drug-likeness (QED) is 0.709. The lowest BCUT2D eigenvalue weighted by Gasteiger charge is -2.16. The molecule has 0 aliphatic heterocycles. The largest absolute Gasteiger partial charge is 0.382 e. The average molecular weight is 275 g/mol. The molecular weight excluding hydrogens is 254 g/mol. The number of hydrogen-bond donors (Lipinski definition) is 3. The van der Waals surface area contributed by atoms with Crippen LogP contribution in [0, 0.1) is 0 Å². The molecule has 20 heavy (non-hydrogen) atoms. The van der Waals surface area contributed by atoms with E-state index >= 15 is 0 Å². The number of fused-ring (bicyclic) bond motifs is 1. The summed E-state index contributed by atoms with van der Waals surface area (Å²) in [6, 6.07) is 5.56. The molecule has 108 valence electrons. The fourth-order valence-electron chi connectivity index (χ4n) is 2.39. The molecule has 0 saturated carbocycles. The Kier molecular flexibility index (Phi) is 4.61. The summed E-state index contributed by atoms with van der Waals surface area (Å²) in [5.74, 6) is 0. The second-order valence-corrected chi connectivity index (χ2v) is 5.18. The van der Waals surface area contributed by atoms with E-state index in [9.17, 15) is 9.59 Å². The minimum atomic E-state index is -0.276. The Bertz CT molecular complexity index is 687. The maximum Gasteiger partial charge on any atom is 0.272 e. The lowest BCUT2D eigenvalue weighted by Crippen LogP contribution is -2.22. The summed E-state index contributed by atoms with van der Waals surface area (Å²) >= 11 is 0. The van der Waals surface area contributed by atoms with Crippen molar-refractivity contribution in [1.82, 2.24) is 10.2 Å². The Morgan fingerprint density at radius 1 is 1.15 bits per heavy atom. The van der Waals surface area contributed by atoms with Gasteiger partial charge in [-0.2, -0.15) is 0 Å². The predicted molar refractivity (Wildman–Crippen MR) is 82.4 cm³/mol. The lowest BCUT2D eigenvalue weighted by atomic mass is 10.1. The SMILES string of the molecule is CCCCCC(C)Nc1cccc2c(=O)[nH][nH]c(=O)c12. The van der Waals surface area contributed by atoms with E-state index in [1.807, 2.05) is 6.07 Å². The fourth-order valence-corrected chi connectivity index (χ4v) is 2.39. The van der Waals surface area contributed by atoms with Crippen LogP contribution in [-0.4, -0.2) is 16.2 Å². The van der Waals surface area contributed by atoms with Crippen LogP contribution in [0.25, 0.3) is 10.8 Å². The molecule has 0 aliphatic carbocycles. The standard InChI is InChI=1S/C15H21N3O2/c1-3-4-5-7-10(2)16-12-9-6-8-11-13(12)15(20)18-17-14(11)19/h6,8-10,16H,3-5,7H2,1-2H3,(H,17,19)(H,18,20). The van der Waals surface area contributed by atoms with Gasteiger partial charge in [-0.05, 0) is 25.5 Å². The monoisotopic (exact) mass is 275 g/mol. The molecule has 1 unspecified atom stereocenters. The van der Waals surface area contributed by atoms with E-state index in [4.69, 9.17) is 0 Å². The number of H-pyrrole nitrogens is 2. The highest BCUT2D eigenvalue weighted by atomic mass is 16.1. The maximum atomic E-state index is 11.9. The van der Waals surface area contributed by atoms with E-state index in [-0.39, 0.29) is 17.2 Å². The summed E-state index contributed by atoms with van der Waals surface area (Å²) < 4.78 is 0. The zero-order valence-electron chi connectivity index (χ0n) is 12.0. The van der Waals surface area contributed by atoms with Crippen molar-refractivity contribution in [1.29, 1.82) is 0 Å². The molecule has 5 heteroatoms. The van der Waals surface area contributed by atoms with Crippen LogP contribution in [0.2, 0.25) is 0 Å². The van der Waals surface area contributed by atoms with E-state index in [0.29, 0.717) is 10.8 Å². The average Bonchev–Trinajstić information content (AvgIpc) is 2.43. The molecular formula is C15H21N3O2. The molecule has 1 heterocycles. The van der Waals surface area contributed by atoms with Gasteiger partial charge in [0.2, 0.25) is 0 Å². The van der Waals surface area contributed by atoms with Gasteiger partial charge in [-0.3, -0.25) is 19.8 Å². The van der Waals surface area contributed by atoms with Crippen LogP contribution in [-0.2, 0) is 0 Å². The molecule has 2 rings (SSSR count). The lowest BCUT2D eigenvalue weighted by molar-refractivity contribution is 0.615. The summed E-state index contributed by atoms with van der Waals surface area (Å²) in [5, 5.41) is 8.90. The Labute approximate surface area is 117 Å². The fraction of sp³-hybridized carbons (Fsp3) is 0.467. The topological polar surface area (TPSA) is 77.8 Å². The zero-order chi connectivity index (χ0) is 14.5. The molecule has 1 aromatic heterocycles. The summed E-state index contributed by atoms with van der Waals surface area (Å²) in [5.41, 5.74) is 0.171. The van der Waals surface area contributed by atoms with Crippen LogP contribution in [0.5, 0.6) is 0 Å². The van der Waals surface area contributed by atoms with Crippen molar-refractivity contribution < 1.29 is 0 Å². The molecule has 5 nitrogen and oxygen atoms in total. The van der Waals surface area contributed by atoms with Crippen molar-refractivity contribution in [3.63, 3.8) is 0 Å². The third-order valence-corrected chi connectivity index (χ3v) is 3.47. The van der Waals surface area contributed by atoms with E-state index in [0.717, 1.165) is 18.5 Å². The van der Waals surface area contributed by atoms with Gasteiger partial charge in [0.05, 0.1) is 10.8 Å². The maximum absolute atomic E-state index is 11.9. The molecule has 0 saturated heterocycles. The molecule has 0 amide bonds. The van der Waals surface area contributed by atoms with Gasteiger partial charge in [-0.25, -0.2) is 0 Å². The van der Waals surface area contributed by atoms with Gasteiger partial charge in [0.15, 0.2) is 0 Å². The number of aromatic nitrogens is 2. The Morgan fingerprint density at radius 2 is 1.90 bits per heavy atom. The minimum absolute atomic E-state index is 0.269. The number of aromatic amines is 2. The van der Waals surface area contributed by atoms with Gasteiger partial charge in [-0.15, -0.1) is 0 Å². The number of nitrogens with one attached hydrogen (secondary N) is 3. The van der Waals surface area contributed by atoms with Crippen molar-refractivity contribution in [3.8, 4) is 0 Å². The van der Waals surface area contributed by atoms with E-state index < -0.39 is 0 Å². The first-order valence-corrected chi connectivity index (χ1v) is 7.13. The van der Waals surface area contributed by atoms with Gasteiger partial charge in [-0.1, -0.05) is 32.3 Å². The van der Waals surface area contributed by atoms with Crippen molar-refractivity contribution in [2.45, 2.75) is 45.6 Å². The summed E-state index contributed by atoms with van der Waals surface area (Å²) in [6.45, 7) is 4.27. The van der Waals surface area contributed by atoms with Crippen molar-refractivity contribution in [2.24, 2.45) is 0 Å². The highest BCUT2D eigenvalue weighted by Crippen LogP contribution is 2.19. The second kappa shape index (κ2) is 6.41. The number of unbranched alkanes of at least 4 members (excludes halogenated alkanes) is 2. The van der Waals surface area contributed by atoms with Gasteiger partial charge >= 0.3 is 0 Å². The van der Waals surface area contributed by atoms with E-state index in [1.165, 1.54) is 12.8 Å². The van der Waals surface area contributed by atoms with Crippen LogP contribution in [0.4, 0.5) is 5.69 Å². The summed E-state index contributed by atoms with van der Waals surface area (Å²) in [7, 11) is 0. The molecule has 1 atom stereocenters. The smallest absolute Gasteiger partial charge is 0.272 e. The van der Waals surface area contributed by atoms with Crippen molar-refractivity contribution in [3.05, 3.63) is 38.9 Å². The van der Waals surface area contributed by atoms with Crippen LogP contribution >= 0.6 is 0 Å². The molecule has 0 fully saturated rings. The third-order valence-electron chi connectivity index (χ3n) is 3.47. The highest BCUT2D eigenvalue weighted by molar-refractivity contribution is 5.92. The Hall–Kier alpha value is -2.04. The second-order valence-electron chi connectivity index (χ2n) is 5.18. The van der Waals surface area contributed by atoms with Crippen LogP contribution in [0.3, 0.4) is 0 Å². The first kappa shape index (κ1) is 14.4. The van der Waals surface area contributed by atoms with Gasteiger partial charge < -0.3 is 5.32 Å². The highest BCUT2D eigenvalue weighted by Gasteiger charge is 2.10. The zero-order valence-corrected chi connectivity index (χ0v) is 12.0. The molecule has 0 bridgehead atoms. The van der Waals surface area contributed by atoms with Crippen molar-refractivity contribution >= 4 is 16.5 Å². The molecule has 3 N–H and O–H groups in total. The van der Waals surface area contributed by atoms with Crippen molar-refractivity contribution in [2.75, 3.05) is 5.32 Å². The number of rotatable bonds is 6.